The zero-order chi connectivity index (χ0) is 15.5. The van der Waals surface area contributed by atoms with Crippen molar-refractivity contribution in [2.75, 3.05) is 0 Å². The molecule has 116 valence electrons. The van der Waals surface area contributed by atoms with Crippen molar-refractivity contribution in [3.63, 3.8) is 0 Å². The predicted molar refractivity (Wildman–Crippen MR) is 78.5 cm³/mol. The number of hydrogen-bond donors (Lipinski definition) is 2. The summed E-state index contributed by atoms with van der Waals surface area (Å²) in [7, 11) is 0. The van der Waals surface area contributed by atoms with E-state index in [1.54, 1.807) is 6.07 Å². The van der Waals surface area contributed by atoms with Gasteiger partial charge in [0.05, 0.1) is 11.5 Å². The number of nitrogens with one attached hydrogen (secondary N) is 1. The number of carboxylic acids is 1. The van der Waals surface area contributed by atoms with Crippen molar-refractivity contribution in [1.29, 1.82) is 0 Å². The van der Waals surface area contributed by atoms with E-state index in [0.717, 1.165) is 12.8 Å². The second-order valence-corrected chi connectivity index (χ2v) is 7.13. The molecule has 5 rings (SSSR count). The number of aliphatic carboxylic acids is 1. The summed E-state index contributed by atoms with van der Waals surface area (Å²) in [5.41, 5.74) is -0.528. The number of amides is 1. The van der Waals surface area contributed by atoms with Gasteiger partial charge in [0.15, 0.2) is 5.72 Å². The number of carbonyl (C=O) groups is 2. The minimum absolute atomic E-state index is 0.0488. The molecule has 1 spiro atoms. The van der Waals surface area contributed by atoms with E-state index in [-0.39, 0.29) is 23.2 Å². The molecule has 5 heteroatoms. The van der Waals surface area contributed by atoms with Crippen molar-refractivity contribution in [2.24, 2.45) is 17.3 Å². The number of carbonyl (C=O) groups excluding carboxylic acids is 1. The van der Waals surface area contributed by atoms with E-state index in [0.29, 0.717) is 24.2 Å². The van der Waals surface area contributed by atoms with Gasteiger partial charge in [0.2, 0.25) is 0 Å². The molecule has 0 aromatic heterocycles. The summed E-state index contributed by atoms with van der Waals surface area (Å²) < 4.78 is 6.23. The molecule has 1 aromatic carbocycles. The van der Waals surface area contributed by atoms with Crippen LogP contribution < -0.4 is 10.1 Å². The van der Waals surface area contributed by atoms with Gasteiger partial charge in [-0.1, -0.05) is 19.1 Å². The van der Waals surface area contributed by atoms with Crippen LogP contribution >= 0.6 is 0 Å². The van der Waals surface area contributed by atoms with E-state index in [1.165, 1.54) is 0 Å². The Balaban J connectivity index is 1.73. The smallest absolute Gasteiger partial charge is 0.307 e. The van der Waals surface area contributed by atoms with Gasteiger partial charge in [-0.3, -0.25) is 9.59 Å². The summed E-state index contributed by atoms with van der Waals surface area (Å²) in [6.45, 7) is 2.01. The third-order valence-electron chi connectivity index (χ3n) is 5.80. The molecule has 1 aromatic rings. The van der Waals surface area contributed by atoms with E-state index < -0.39 is 11.7 Å². The van der Waals surface area contributed by atoms with Crippen LogP contribution in [0.2, 0.25) is 0 Å². The first-order valence-corrected chi connectivity index (χ1v) is 7.77. The van der Waals surface area contributed by atoms with Crippen molar-refractivity contribution in [2.45, 2.75) is 38.3 Å². The normalized spacial score (nSPS) is 39.0. The molecule has 22 heavy (non-hydrogen) atoms. The molecule has 2 N–H and O–H groups in total. The van der Waals surface area contributed by atoms with Crippen molar-refractivity contribution in [1.82, 2.24) is 5.32 Å². The highest BCUT2D eigenvalue weighted by Crippen LogP contribution is 2.58. The zero-order valence-corrected chi connectivity index (χ0v) is 12.5. The molecule has 1 heterocycles. The molecule has 3 aliphatic carbocycles. The quantitative estimate of drug-likeness (QED) is 0.835. The maximum absolute atomic E-state index is 12.4. The van der Waals surface area contributed by atoms with Gasteiger partial charge in [-0.05, 0) is 36.8 Å². The molecular formula is C17H19NO4. The van der Waals surface area contributed by atoms with Crippen LogP contribution in [0.5, 0.6) is 5.75 Å². The number of hydrogen-bond acceptors (Lipinski definition) is 3. The van der Waals surface area contributed by atoms with Crippen LogP contribution in [0.25, 0.3) is 0 Å². The number of carboxylic acid groups (broad SMARTS) is 1. The van der Waals surface area contributed by atoms with Gasteiger partial charge in [-0.2, -0.15) is 0 Å². The Morgan fingerprint density at radius 3 is 2.91 bits per heavy atom. The van der Waals surface area contributed by atoms with Gasteiger partial charge in [-0.15, -0.1) is 0 Å². The number of rotatable bonds is 1. The van der Waals surface area contributed by atoms with Gasteiger partial charge in [-0.25, -0.2) is 0 Å². The number of ether oxygens (including phenoxy) is 1. The highest BCUT2D eigenvalue weighted by atomic mass is 16.5. The Kier molecular flexibility index (Phi) is 2.63. The summed E-state index contributed by atoms with van der Waals surface area (Å²) in [5.74, 6) is -0.550. The fraction of sp³-hybridized carbons (Fsp3) is 0.529. The zero-order valence-electron chi connectivity index (χ0n) is 12.5. The molecular weight excluding hydrogens is 282 g/mol. The van der Waals surface area contributed by atoms with Crippen LogP contribution in [-0.4, -0.2) is 22.7 Å². The van der Waals surface area contributed by atoms with Gasteiger partial charge in [0.1, 0.15) is 5.75 Å². The molecule has 1 aliphatic heterocycles. The molecule has 0 unspecified atom stereocenters. The Bertz CT molecular complexity index is 672. The van der Waals surface area contributed by atoms with Crippen molar-refractivity contribution < 1.29 is 19.4 Å². The van der Waals surface area contributed by atoms with Crippen LogP contribution in [0.3, 0.4) is 0 Å². The molecule has 3 saturated carbocycles. The summed E-state index contributed by atoms with van der Waals surface area (Å²) in [6, 6.07) is 7.23. The summed E-state index contributed by atoms with van der Waals surface area (Å²) in [5, 5.41) is 12.5. The second kappa shape index (κ2) is 4.24. The van der Waals surface area contributed by atoms with Crippen molar-refractivity contribution >= 4 is 11.9 Å². The number of benzene rings is 1. The first kappa shape index (κ1) is 13.6. The largest absolute Gasteiger partial charge is 0.481 e. The van der Waals surface area contributed by atoms with Gasteiger partial charge in [0.25, 0.3) is 5.91 Å². The van der Waals surface area contributed by atoms with Crippen molar-refractivity contribution in [3.8, 4) is 5.75 Å². The van der Waals surface area contributed by atoms with E-state index in [4.69, 9.17) is 4.74 Å². The average molecular weight is 301 g/mol. The third-order valence-corrected chi connectivity index (χ3v) is 5.80. The van der Waals surface area contributed by atoms with Crippen LogP contribution in [0, 0.1) is 17.3 Å². The van der Waals surface area contributed by atoms with Gasteiger partial charge >= 0.3 is 5.97 Å². The number of para-hydroxylation sites is 1. The molecule has 0 radical (unpaired) electrons. The van der Waals surface area contributed by atoms with Crippen molar-refractivity contribution in [3.05, 3.63) is 29.8 Å². The first-order valence-electron chi connectivity index (χ1n) is 7.77. The SMILES string of the molecule is C[C@@]12CC[C@@H](C[C@@H]1C(=O)O)[C@@]1(C2)NC(=O)c2ccccc2O1. The first-order chi connectivity index (χ1) is 10.4. The Morgan fingerprint density at radius 2 is 2.18 bits per heavy atom. The molecule has 3 fully saturated rings. The molecule has 1 amide bonds. The van der Waals surface area contributed by atoms with Gasteiger partial charge in [0, 0.05) is 12.3 Å². The predicted octanol–water partition coefficient (Wildman–Crippen LogP) is 2.42. The lowest BCUT2D eigenvalue weighted by Gasteiger charge is -2.59. The van der Waals surface area contributed by atoms with Gasteiger partial charge < -0.3 is 15.2 Å². The highest BCUT2D eigenvalue weighted by Gasteiger charge is 2.62. The van der Waals surface area contributed by atoms with Crippen LogP contribution in [0.1, 0.15) is 43.0 Å². The molecule has 4 aliphatic rings. The van der Waals surface area contributed by atoms with Crippen LogP contribution in [0.4, 0.5) is 0 Å². The minimum atomic E-state index is -0.746. The minimum Gasteiger partial charge on any atom is -0.481 e. The lowest BCUT2D eigenvalue weighted by molar-refractivity contribution is -0.178. The maximum Gasteiger partial charge on any atom is 0.307 e. The summed E-state index contributed by atoms with van der Waals surface area (Å²) in [6.07, 6.45) is 2.88. The molecule has 5 nitrogen and oxygen atoms in total. The fourth-order valence-corrected chi connectivity index (χ4v) is 4.63. The maximum atomic E-state index is 12.4. The Morgan fingerprint density at radius 1 is 1.41 bits per heavy atom. The molecule has 0 saturated heterocycles. The lowest BCUT2D eigenvalue weighted by Crippen LogP contribution is -2.68. The monoisotopic (exact) mass is 301 g/mol. The lowest BCUT2D eigenvalue weighted by atomic mass is 9.52. The molecule has 2 bridgehead atoms. The topological polar surface area (TPSA) is 75.6 Å². The van der Waals surface area contributed by atoms with E-state index >= 15 is 0 Å². The summed E-state index contributed by atoms with van der Waals surface area (Å²) in [4.78, 5) is 24.0. The standard InChI is InChI=1S/C17H19NO4/c1-16-7-6-10(8-12(16)15(20)21)17(9-16)18-14(19)11-4-2-3-5-13(11)22-17/h2-5,10,12H,6-9H2,1H3,(H,18,19)(H,20,21)/t10-,12+,16-,17-/m0/s1. The Labute approximate surface area is 128 Å². The highest BCUT2D eigenvalue weighted by molar-refractivity contribution is 5.98. The second-order valence-electron chi connectivity index (χ2n) is 7.13. The third kappa shape index (κ3) is 1.71. The fourth-order valence-electron chi connectivity index (χ4n) is 4.63. The van der Waals surface area contributed by atoms with E-state index in [9.17, 15) is 14.7 Å². The van der Waals surface area contributed by atoms with Crippen LogP contribution in [0.15, 0.2) is 24.3 Å². The van der Waals surface area contributed by atoms with Crippen LogP contribution in [-0.2, 0) is 4.79 Å². The van der Waals surface area contributed by atoms with E-state index in [1.807, 2.05) is 25.1 Å². The number of fused-ring (bicyclic) bond motifs is 3. The Hall–Kier alpha value is -2.04. The summed E-state index contributed by atoms with van der Waals surface area (Å²) >= 11 is 0. The average Bonchev–Trinajstić information content (AvgIpc) is 2.46. The molecule has 4 atom stereocenters. The van der Waals surface area contributed by atoms with E-state index in [2.05, 4.69) is 5.32 Å².